The molecule has 4 fully saturated rings. The zero-order valence-electron chi connectivity index (χ0n) is 14.0. The van der Waals surface area contributed by atoms with E-state index in [-0.39, 0.29) is 23.9 Å². The van der Waals surface area contributed by atoms with Crippen LogP contribution in [0.25, 0.3) is 0 Å². The van der Waals surface area contributed by atoms with Crippen LogP contribution in [0, 0.1) is 23.2 Å². The van der Waals surface area contributed by atoms with E-state index in [1.165, 1.54) is 38.5 Å². The van der Waals surface area contributed by atoms with E-state index in [0.29, 0.717) is 13.0 Å². The smallest absolute Gasteiger partial charge is 0.306 e. The molecule has 5 rings (SSSR count). The molecule has 4 nitrogen and oxygen atoms in total. The van der Waals surface area contributed by atoms with Crippen LogP contribution < -0.4 is 5.32 Å². The Hall–Kier alpha value is -1.36. The molecule has 1 aromatic heterocycles. The fraction of sp³-hybridized carbons (Fsp3) is 0.684. The standard InChI is InChI=1S/C19H25NO3S/c21-17(20-11-16-2-1-3-24-16)12-23-18(22)10-19-7-13-4-14(8-19)6-15(5-13)9-19/h1-3,13-15H,4-12H2,(H,20,21). The Bertz CT molecular complexity index is 575. The molecule has 0 aliphatic heterocycles. The molecule has 0 radical (unpaired) electrons. The lowest BCUT2D eigenvalue weighted by Crippen LogP contribution is -2.47. The monoisotopic (exact) mass is 347 g/mol. The maximum absolute atomic E-state index is 12.3. The van der Waals surface area contributed by atoms with Crippen molar-refractivity contribution in [1.82, 2.24) is 5.32 Å². The Kier molecular flexibility index (Phi) is 4.37. The largest absolute Gasteiger partial charge is 0.456 e. The van der Waals surface area contributed by atoms with Gasteiger partial charge in [0, 0.05) is 4.88 Å². The minimum atomic E-state index is -0.220. The van der Waals surface area contributed by atoms with Gasteiger partial charge in [-0.25, -0.2) is 0 Å². The van der Waals surface area contributed by atoms with Crippen LogP contribution in [-0.2, 0) is 20.9 Å². The molecule has 1 heterocycles. The van der Waals surface area contributed by atoms with E-state index in [2.05, 4.69) is 5.32 Å². The summed E-state index contributed by atoms with van der Waals surface area (Å²) in [7, 11) is 0. The van der Waals surface area contributed by atoms with Crippen LogP contribution in [0.5, 0.6) is 0 Å². The minimum Gasteiger partial charge on any atom is -0.456 e. The first-order valence-corrected chi connectivity index (χ1v) is 9.93. The summed E-state index contributed by atoms with van der Waals surface area (Å²) >= 11 is 1.60. The van der Waals surface area contributed by atoms with Gasteiger partial charge in [0.15, 0.2) is 6.61 Å². The second kappa shape index (κ2) is 6.51. The molecule has 4 saturated carbocycles. The number of thiophene rings is 1. The Morgan fingerprint density at radius 3 is 2.42 bits per heavy atom. The van der Waals surface area contributed by atoms with Crippen molar-refractivity contribution < 1.29 is 14.3 Å². The lowest BCUT2D eigenvalue weighted by molar-refractivity contribution is -0.155. The van der Waals surface area contributed by atoms with Crippen LogP contribution >= 0.6 is 11.3 Å². The zero-order chi connectivity index (χ0) is 16.6. The van der Waals surface area contributed by atoms with Gasteiger partial charge in [-0.1, -0.05) is 6.07 Å². The van der Waals surface area contributed by atoms with E-state index in [9.17, 15) is 9.59 Å². The summed E-state index contributed by atoms with van der Waals surface area (Å²) in [6.45, 7) is 0.347. The third-order valence-corrected chi connectivity index (χ3v) is 6.96. The lowest BCUT2D eigenvalue weighted by atomic mass is 9.49. The second-order valence-electron chi connectivity index (χ2n) is 8.11. The average Bonchev–Trinajstić information content (AvgIpc) is 3.02. The van der Waals surface area contributed by atoms with Crippen molar-refractivity contribution in [2.24, 2.45) is 23.2 Å². The van der Waals surface area contributed by atoms with Gasteiger partial charge in [0.25, 0.3) is 5.91 Å². The number of esters is 1. The molecule has 0 spiro atoms. The Labute approximate surface area is 147 Å². The summed E-state index contributed by atoms with van der Waals surface area (Å²) in [5, 5.41) is 4.77. The molecule has 4 aliphatic carbocycles. The number of carbonyl (C=O) groups excluding carboxylic acids is 2. The molecule has 24 heavy (non-hydrogen) atoms. The molecule has 1 amide bonds. The van der Waals surface area contributed by atoms with Crippen LogP contribution in [0.3, 0.4) is 0 Å². The van der Waals surface area contributed by atoms with Crippen molar-refractivity contribution in [2.45, 2.75) is 51.5 Å². The van der Waals surface area contributed by atoms with Gasteiger partial charge in [0.2, 0.25) is 0 Å². The van der Waals surface area contributed by atoms with Crippen molar-refractivity contribution in [2.75, 3.05) is 6.61 Å². The molecule has 0 saturated heterocycles. The summed E-state index contributed by atoms with van der Waals surface area (Å²) in [4.78, 5) is 25.2. The Balaban J connectivity index is 1.23. The summed E-state index contributed by atoms with van der Waals surface area (Å²) < 4.78 is 5.27. The number of nitrogens with one attached hydrogen (secondary N) is 1. The first-order chi connectivity index (χ1) is 11.6. The van der Waals surface area contributed by atoms with E-state index in [1.54, 1.807) is 11.3 Å². The summed E-state index contributed by atoms with van der Waals surface area (Å²) in [6, 6.07) is 3.93. The van der Waals surface area contributed by atoms with Gasteiger partial charge in [-0.05, 0) is 73.1 Å². The third kappa shape index (κ3) is 3.51. The predicted octanol–water partition coefficient (Wildman–Crippen LogP) is 3.51. The average molecular weight is 347 g/mol. The number of hydrogen-bond acceptors (Lipinski definition) is 4. The van der Waals surface area contributed by atoms with Crippen LogP contribution in [0.2, 0.25) is 0 Å². The summed E-state index contributed by atoms with van der Waals surface area (Å²) in [6.07, 6.45) is 8.21. The molecule has 4 bridgehead atoms. The molecule has 1 aromatic rings. The third-order valence-electron chi connectivity index (χ3n) is 6.09. The Morgan fingerprint density at radius 2 is 1.83 bits per heavy atom. The van der Waals surface area contributed by atoms with E-state index >= 15 is 0 Å². The van der Waals surface area contributed by atoms with E-state index < -0.39 is 0 Å². The molecule has 1 N–H and O–H groups in total. The quantitative estimate of drug-likeness (QED) is 0.801. The molecule has 5 heteroatoms. The van der Waals surface area contributed by atoms with E-state index in [4.69, 9.17) is 4.74 Å². The number of rotatable bonds is 6. The number of amides is 1. The number of ether oxygens (including phenoxy) is 1. The Morgan fingerprint density at radius 1 is 1.17 bits per heavy atom. The van der Waals surface area contributed by atoms with Gasteiger partial charge >= 0.3 is 5.97 Å². The highest BCUT2D eigenvalue weighted by molar-refractivity contribution is 7.09. The fourth-order valence-corrected chi connectivity index (χ4v) is 6.30. The number of carbonyl (C=O) groups is 2. The van der Waals surface area contributed by atoms with Crippen molar-refractivity contribution >= 4 is 23.2 Å². The van der Waals surface area contributed by atoms with E-state index in [0.717, 1.165) is 22.6 Å². The second-order valence-corrected chi connectivity index (χ2v) is 9.14. The maximum atomic E-state index is 12.3. The van der Waals surface area contributed by atoms with Gasteiger partial charge in [0.05, 0.1) is 13.0 Å². The fourth-order valence-electron chi connectivity index (χ4n) is 5.66. The molecular formula is C19H25NO3S. The molecule has 0 unspecified atom stereocenters. The van der Waals surface area contributed by atoms with Gasteiger partial charge in [-0.15, -0.1) is 11.3 Å². The summed E-state index contributed by atoms with van der Waals surface area (Å²) in [5.74, 6) is 2.08. The number of hydrogen-bond donors (Lipinski definition) is 1. The van der Waals surface area contributed by atoms with Gasteiger partial charge in [-0.2, -0.15) is 0 Å². The van der Waals surface area contributed by atoms with Crippen LogP contribution in [0.4, 0.5) is 0 Å². The summed E-state index contributed by atoms with van der Waals surface area (Å²) in [5.41, 5.74) is 0.180. The SMILES string of the molecule is O=C(COC(=O)CC12CC3CC(CC(C3)C1)C2)NCc1cccs1. The first-order valence-electron chi connectivity index (χ1n) is 9.05. The highest BCUT2D eigenvalue weighted by atomic mass is 32.1. The lowest BCUT2D eigenvalue weighted by Gasteiger charge is -2.56. The van der Waals surface area contributed by atoms with Crippen molar-refractivity contribution in [3.63, 3.8) is 0 Å². The molecular weight excluding hydrogens is 322 g/mol. The normalized spacial score (nSPS) is 33.4. The molecule has 0 atom stereocenters. The van der Waals surface area contributed by atoms with Crippen molar-refractivity contribution in [3.05, 3.63) is 22.4 Å². The predicted molar refractivity (Wildman–Crippen MR) is 92.3 cm³/mol. The maximum Gasteiger partial charge on any atom is 0.306 e. The highest BCUT2D eigenvalue weighted by Crippen LogP contribution is 2.61. The van der Waals surface area contributed by atoms with Crippen LogP contribution in [0.15, 0.2) is 17.5 Å². The van der Waals surface area contributed by atoms with Crippen LogP contribution in [-0.4, -0.2) is 18.5 Å². The molecule has 4 aliphatic rings. The highest BCUT2D eigenvalue weighted by Gasteiger charge is 2.51. The topological polar surface area (TPSA) is 55.4 Å². The van der Waals surface area contributed by atoms with Gasteiger partial charge < -0.3 is 10.1 Å². The van der Waals surface area contributed by atoms with Crippen molar-refractivity contribution in [3.8, 4) is 0 Å². The molecule has 0 aromatic carbocycles. The van der Waals surface area contributed by atoms with Crippen LogP contribution in [0.1, 0.15) is 49.8 Å². The van der Waals surface area contributed by atoms with E-state index in [1.807, 2.05) is 17.5 Å². The first kappa shape index (κ1) is 16.1. The van der Waals surface area contributed by atoms with Gasteiger partial charge in [-0.3, -0.25) is 9.59 Å². The van der Waals surface area contributed by atoms with Gasteiger partial charge in [0.1, 0.15) is 0 Å². The van der Waals surface area contributed by atoms with Crippen molar-refractivity contribution in [1.29, 1.82) is 0 Å². The zero-order valence-corrected chi connectivity index (χ0v) is 14.8. The molecule has 130 valence electrons. The minimum absolute atomic E-state index is 0.156.